The van der Waals surface area contributed by atoms with Gasteiger partial charge >= 0.3 is 0 Å². The Morgan fingerprint density at radius 3 is 2.17 bits per heavy atom. The van der Waals surface area contributed by atoms with Gasteiger partial charge in [-0.25, -0.2) is 18.2 Å². The molecule has 4 rings (SSSR count). The van der Waals surface area contributed by atoms with Crippen molar-refractivity contribution in [1.82, 2.24) is 9.78 Å². The molecule has 0 unspecified atom stereocenters. The van der Waals surface area contributed by atoms with Crippen LogP contribution in [0.15, 0.2) is 77.7 Å². The maximum absolute atomic E-state index is 12.2. The fourth-order valence-corrected chi connectivity index (χ4v) is 4.43. The van der Waals surface area contributed by atoms with E-state index in [0.717, 1.165) is 5.56 Å². The highest BCUT2D eigenvalue weighted by atomic mass is 35.5. The Balaban J connectivity index is 2.01. The zero-order valence-corrected chi connectivity index (χ0v) is 18.3. The number of hydrogen-bond acceptors (Lipinski definition) is 3. The molecule has 0 atom stereocenters. The van der Waals surface area contributed by atoms with Gasteiger partial charge in [0.25, 0.3) is 0 Å². The number of sulfonamides is 1. The second kappa shape index (κ2) is 8.06. The van der Waals surface area contributed by atoms with Gasteiger partial charge in [-0.3, -0.25) is 0 Å². The standard InChI is InChI=1S/C21H14Cl3N3O2S/c22-14-7-5-13(6-8-14)18-12-20(16-10-9-15(23)11-17(16)24)27(26-18)19-3-1-2-4-21(19)30(25,28)29/h1-12H,(H2,25,28,29). The number of nitrogens with zero attached hydrogens (tertiary/aromatic N) is 2. The van der Waals surface area contributed by atoms with Crippen LogP contribution in [0.5, 0.6) is 0 Å². The second-order valence-electron chi connectivity index (χ2n) is 6.47. The van der Waals surface area contributed by atoms with Gasteiger partial charge in [-0.1, -0.05) is 59.1 Å². The Morgan fingerprint density at radius 1 is 0.833 bits per heavy atom. The first kappa shape index (κ1) is 20.9. The molecule has 0 aliphatic carbocycles. The molecule has 30 heavy (non-hydrogen) atoms. The molecule has 0 aliphatic heterocycles. The molecular weight excluding hydrogens is 465 g/mol. The molecule has 0 amide bonds. The molecule has 0 saturated heterocycles. The monoisotopic (exact) mass is 477 g/mol. The lowest BCUT2D eigenvalue weighted by Gasteiger charge is -2.12. The lowest BCUT2D eigenvalue weighted by Crippen LogP contribution is -2.16. The third kappa shape index (κ3) is 4.10. The van der Waals surface area contributed by atoms with Crippen molar-refractivity contribution in [2.75, 3.05) is 0 Å². The molecule has 0 fully saturated rings. The van der Waals surface area contributed by atoms with E-state index in [0.29, 0.717) is 37.7 Å². The summed E-state index contributed by atoms with van der Waals surface area (Å²) in [5.74, 6) is 0. The molecule has 1 heterocycles. The molecule has 0 spiro atoms. The number of nitrogens with two attached hydrogens (primary N) is 1. The third-order valence-electron chi connectivity index (χ3n) is 4.46. The third-order valence-corrected chi connectivity index (χ3v) is 6.21. The predicted molar refractivity (Wildman–Crippen MR) is 121 cm³/mol. The van der Waals surface area contributed by atoms with E-state index in [2.05, 4.69) is 5.10 Å². The van der Waals surface area contributed by atoms with E-state index >= 15 is 0 Å². The molecule has 0 radical (unpaired) electrons. The summed E-state index contributed by atoms with van der Waals surface area (Å²) in [5, 5.41) is 11.6. The van der Waals surface area contributed by atoms with Gasteiger partial charge in [0.2, 0.25) is 10.0 Å². The van der Waals surface area contributed by atoms with E-state index in [9.17, 15) is 8.42 Å². The number of primary sulfonamides is 1. The fourth-order valence-electron chi connectivity index (χ4n) is 3.09. The van der Waals surface area contributed by atoms with E-state index in [-0.39, 0.29) is 4.90 Å². The van der Waals surface area contributed by atoms with E-state index in [1.807, 2.05) is 18.2 Å². The highest BCUT2D eigenvalue weighted by molar-refractivity contribution is 7.89. The summed E-state index contributed by atoms with van der Waals surface area (Å²) >= 11 is 18.5. The Labute approximate surface area is 188 Å². The Bertz CT molecular complexity index is 1350. The van der Waals surface area contributed by atoms with Gasteiger partial charge in [0.15, 0.2) is 0 Å². The van der Waals surface area contributed by atoms with Crippen LogP contribution in [0.3, 0.4) is 0 Å². The van der Waals surface area contributed by atoms with E-state index in [4.69, 9.17) is 39.9 Å². The first-order chi connectivity index (χ1) is 14.2. The van der Waals surface area contributed by atoms with Crippen molar-refractivity contribution in [3.8, 4) is 28.2 Å². The number of aromatic nitrogens is 2. The largest absolute Gasteiger partial charge is 0.240 e. The average Bonchev–Trinajstić information content (AvgIpc) is 3.13. The van der Waals surface area contributed by atoms with Crippen LogP contribution in [-0.4, -0.2) is 18.2 Å². The number of halogens is 3. The molecule has 0 saturated carbocycles. The van der Waals surface area contributed by atoms with Gasteiger partial charge in [-0.05, 0) is 48.5 Å². The number of benzene rings is 3. The highest BCUT2D eigenvalue weighted by Crippen LogP contribution is 2.35. The van der Waals surface area contributed by atoms with Crippen molar-refractivity contribution in [2.24, 2.45) is 5.14 Å². The molecule has 5 nitrogen and oxygen atoms in total. The van der Waals surface area contributed by atoms with Gasteiger partial charge < -0.3 is 0 Å². The molecule has 152 valence electrons. The summed E-state index contributed by atoms with van der Waals surface area (Å²) in [6.07, 6.45) is 0. The lowest BCUT2D eigenvalue weighted by atomic mass is 10.1. The van der Waals surface area contributed by atoms with Crippen LogP contribution in [0.4, 0.5) is 0 Å². The van der Waals surface area contributed by atoms with Crippen LogP contribution < -0.4 is 5.14 Å². The molecular formula is C21H14Cl3N3O2S. The smallest absolute Gasteiger partial charge is 0.231 e. The maximum atomic E-state index is 12.2. The van der Waals surface area contributed by atoms with Gasteiger partial charge in [0, 0.05) is 21.2 Å². The van der Waals surface area contributed by atoms with Gasteiger partial charge in [-0.2, -0.15) is 5.10 Å². The fraction of sp³-hybridized carbons (Fsp3) is 0. The first-order valence-electron chi connectivity index (χ1n) is 8.68. The van der Waals surface area contributed by atoms with Crippen LogP contribution in [0.25, 0.3) is 28.2 Å². The Hall–Kier alpha value is -2.35. The van der Waals surface area contributed by atoms with Crippen molar-refractivity contribution >= 4 is 44.8 Å². The second-order valence-corrected chi connectivity index (χ2v) is 9.28. The molecule has 1 aromatic heterocycles. The average molecular weight is 479 g/mol. The van der Waals surface area contributed by atoms with E-state index in [1.54, 1.807) is 48.5 Å². The summed E-state index contributed by atoms with van der Waals surface area (Å²) in [5.41, 5.74) is 2.94. The van der Waals surface area contributed by atoms with E-state index < -0.39 is 10.0 Å². The zero-order chi connectivity index (χ0) is 21.5. The van der Waals surface area contributed by atoms with Crippen LogP contribution >= 0.6 is 34.8 Å². The summed E-state index contributed by atoms with van der Waals surface area (Å²) < 4.78 is 25.9. The minimum atomic E-state index is -3.99. The lowest BCUT2D eigenvalue weighted by molar-refractivity contribution is 0.596. The van der Waals surface area contributed by atoms with Crippen molar-refractivity contribution in [3.63, 3.8) is 0 Å². The van der Waals surface area contributed by atoms with E-state index in [1.165, 1.54) is 10.7 Å². The number of hydrogen-bond donors (Lipinski definition) is 1. The van der Waals surface area contributed by atoms with Gasteiger partial charge in [-0.15, -0.1) is 0 Å². The molecule has 3 aromatic carbocycles. The summed E-state index contributed by atoms with van der Waals surface area (Å²) in [6.45, 7) is 0. The SMILES string of the molecule is NS(=O)(=O)c1ccccc1-n1nc(-c2ccc(Cl)cc2)cc1-c1ccc(Cl)cc1Cl. The zero-order valence-electron chi connectivity index (χ0n) is 15.3. The number of para-hydroxylation sites is 1. The van der Waals surface area contributed by atoms with Crippen LogP contribution in [-0.2, 0) is 10.0 Å². The topological polar surface area (TPSA) is 78.0 Å². The molecule has 2 N–H and O–H groups in total. The predicted octanol–water partition coefficient (Wildman–Crippen LogP) is 5.81. The number of rotatable bonds is 4. The highest BCUT2D eigenvalue weighted by Gasteiger charge is 2.21. The first-order valence-corrected chi connectivity index (χ1v) is 11.4. The summed E-state index contributed by atoms with van der Waals surface area (Å²) in [7, 11) is -3.99. The maximum Gasteiger partial charge on any atom is 0.240 e. The molecule has 0 aliphatic rings. The summed E-state index contributed by atoms with van der Waals surface area (Å²) in [6, 6.07) is 20.4. The van der Waals surface area contributed by atoms with Gasteiger partial charge in [0.1, 0.15) is 4.90 Å². The minimum absolute atomic E-state index is 0.0536. The molecule has 9 heteroatoms. The van der Waals surface area contributed by atoms with Crippen molar-refractivity contribution in [3.05, 3.63) is 87.9 Å². The Kier molecular flexibility index (Phi) is 5.61. The van der Waals surface area contributed by atoms with Crippen molar-refractivity contribution < 1.29 is 8.42 Å². The molecule has 4 aromatic rings. The van der Waals surface area contributed by atoms with Crippen LogP contribution in [0, 0.1) is 0 Å². The summed E-state index contributed by atoms with van der Waals surface area (Å²) in [4.78, 5) is -0.0536. The van der Waals surface area contributed by atoms with Crippen LogP contribution in [0.1, 0.15) is 0 Å². The minimum Gasteiger partial charge on any atom is -0.231 e. The quantitative estimate of drug-likeness (QED) is 0.402. The normalized spacial score (nSPS) is 11.6. The van der Waals surface area contributed by atoms with Crippen molar-refractivity contribution in [1.29, 1.82) is 0 Å². The van der Waals surface area contributed by atoms with Crippen molar-refractivity contribution in [2.45, 2.75) is 4.90 Å². The van der Waals surface area contributed by atoms with Gasteiger partial charge in [0.05, 0.1) is 22.1 Å². The molecule has 0 bridgehead atoms. The van der Waals surface area contributed by atoms with Crippen LogP contribution in [0.2, 0.25) is 15.1 Å². The Morgan fingerprint density at radius 2 is 1.50 bits per heavy atom.